The van der Waals surface area contributed by atoms with Crippen molar-refractivity contribution in [2.24, 2.45) is 11.7 Å². The van der Waals surface area contributed by atoms with Crippen molar-refractivity contribution < 1.29 is 19.8 Å². The number of rotatable bonds is 4. The van der Waals surface area contributed by atoms with Crippen LogP contribution in [0, 0.1) is 5.92 Å². The van der Waals surface area contributed by atoms with E-state index in [1.807, 2.05) is 0 Å². The largest absolute Gasteiger partial charge is 0.473 e. The van der Waals surface area contributed by atoms with Crippen LogP contribution in [0.1, 0.15) is 20.8 Å². The first-order chi connectivity index (χ1) is 11.7. The molecule has 1 heterocycles. The first-order valence-corrected chi connectivity index (χ1v) is 8.48. The van der Waals surface area contributed by atoms with E-state index in [9.17, 15) is 0 Å². The minimum Gasteiger partial charge on any atom is -0.473 e. The van der Waals surface area contributed by atoms with Crippen molar-refractivity contribution in [2.45, 2.75) is 32.9 Å². The third-order valence-electron chi connectivity index (χ3n) is 4.13. The van der Waals surface area contributed by atoms with E-state index in [4.69, 9.17) is 25.5 Å². The fraction of sp³-hybridized carbons (Fsp3) is 0.556. The van der Waals surface area contributed by atoms with Gasteiger partial charge in [-0.3, -0.25) is 4.90 Å². The second-order valence-electron chi connectivity index (χ2n) is 6.68. The minimum atomic E-state index is -1.82. The van der Waals surface area contributed by atoms with E-state index in [0.717, 1.165) is 26.2 Å². The van der Waals surface area contributed by atoms with Crippen molar-refractivity contribution in [1.29, 1.82) is 0 Å². The molecular formula is C18H29N3O4. The van der Waals surface area contributed by atoms with Crippen molar-refractivity contribution in [3.63, 3.8) is 0 Å². The van der Waals surface area contributed by atoms with E-state index in [0.29, 0.717) is 12.0 Å². The van der Waals surface area contributed by atoms with Gasteiger partial charge in [-0.05, 0) is 25.0 Å². The van der Waals surface area contributed by atoms with Crippen LogP contribution in [-0.2, 0) is 9.59 Å². The number of anilines is 1. The maximum absolute atomic E-state index is 9.10. The summed E-state index contributed by atoms with van der Waals surface area (Å²) in [6.45, 7) is 11.0. The van der Waals surface area contributed by atoms with E-state index in [-0.39, 0.29) is 6.04 Å². The van der Waals surface area contributed by atoms with Crippen LogP contribution in [-0.4, -0.2) is 65.3 Å². The van der Waals surface area contributed by atoms with Crippen molar-refractivity contribution >= 4 is 17.6 Å². The lowest BCUT2D eigenvalue weighted by atomic mass is 9.98. The Morgan fingerprint density at radius 3 is 2.12 bits per heavy atom. The van der Waals surface area contributed by atoms with Crippen LogP contribution in [0.3, 0.4) is 0 Å². The second kappa shape index (κ2) is 10.0. The molecule has 4 N–H and O–H groups in total. The highest BCUT2D eigenvalue weighted by Crippen LogP contribution is 2.22. The van der Waals surface area contributed by atoms with Gasteiger partial charge >= 0.3 is 11.9 Å². The quantitative estimate of drug-likeness (QED) is 0.703. The molecule has 2 rings (SSSR count). The lowest BCUT2D eigenvalue weighted by molar-refractivity contribution is -0.159. The van der Waals surface area contributed by atoms with Gasteiger partial charge in [0, 0.05) is 44.0 Å². The maximum atomic E-state index is 9.10. The number of nitrogens with two attached hydrogens (primary N) is 1. The Hall–Kier alpha value is -2.12. The zero-order valence-electron chi connectivity index (χ0n) is 15.1. The zero-order chi connectivity index (χ0) is 19.0. The minimum absolute atomic E-state index is 0.254. The summed E-state index contributed by atoms with van der Waals surface area (Å²) in [5.74, 6) is -2.99. The normalized spacial score (nSPS) is 19.1. The van der Waals surface area contributed by atoms with Gasteiger partial charge in [0.1, 0.15) is 0 Å². The van der Waals surface area contributed by atoms with Gasteiger partial charge in [-0.2, -0.15) is 0 Å². The molecule has 0 bridgehead atoms. The summed E-state index contributed by atoms with van der Waals surface area (Å²) in [6.07, 6.45) is 0. The molecule has 0 saturated carbocycles. The molecule has 1 aliphatic heterocycles. The van der Waals surface area contributed by atoms with Crippen LogP contribution in [0.4, 0.5) is 5.69 Å². The average molecular weight is 351 g/mol. The lowest BCUT2D eigenvalue weighted by Crippen LogP contribution is -2.57. The smallest absolute Gasteiger partial charge is 0.414 e. The molecule has 1 fully saturated rings. The number of hydrogen-bond acceptors (Lipinski definition) is 5. The van der Waals surface area contributed by atoms with Crippen molar-refractivity contribution in [3.05, 3.63) is 30.3 Å². The molecule has 2 atom stereocenters. The number of hydrogen-bond donors (Lipinski definition) is 3. The summed E-state index contributed by atoms with van der Waals surface area (Å²) in [5.41, 5.74) is 7.32. The molecule has 1 saturated heterocycles. The molecule has 0 aromatic heterocycles. The van der Waals surface area contributed by atoms with E-state index in [1.165, 1.54) is 5.69 Å². The van der Waals surface area contributed by atoms with Gasteiger partial charge in [-0.15, -0.1) is 0 Å². The standard InChI is InChI=1S/C16H27N3.C2H2O4/c1-13(2)16-12-18(15-7-5-4-6-8-15)9-10-19(16)11-14(3)17;3-1(4)2(5)6/h4-8,13-14,16H,9-12,17H2,1-3H3;(H,3,4)(H,5,6). The van der Waals surface area contributed by atoms with Crippen LogP contribution in [0.5, 0.6) is 0 Å². The Labute approximate surface area is 149 Å². The second-order valence-corrected chi connectivity index (χ2v) is 6.68. The summed E-state index contributed by atoms with van der Waals surface area (Å²) in [4.78, 5) is 23.3. The number of piperazine rings is 1. The molecule has 1 aromatic rings. The predicted octanol–water partition coefficient (Wildman–Crippen LogP) is 1.34. The number of carboxylic acid groups (broad SMARTS) is 2. The number of carboxylic acids is 2. The Morgan fingerprint density at radius 2 is 1.68 bits per heavy atom. The van der Waals surface area contributed by atoms with E-state index in [1.54, 1.807) is 0 Å². The fourth-order valence-corrected chi connectivity index (χ4v) is 2.95. The molecule has 2 unspecified atom stereocenters. The third-order valence-corrected chi connectivity index (χ3v) is 4.13. The highest BCUT2D eigenvalue weighted by molar-refractivity contribution is 6.27. The molecule has 0 amide bonds. The molecule has 7 nitrogen and oxygen atoms in total. The van der Waals surface area contributed by atoms with E-state index in [2.05, 4.69) is 60.9 Å². The van der Waals surface area contributed by atoms with E-state index >= 15 is 0 Å². The molecule has 25 heavy (non-hydrogen) atoms. The number of aliphatic carboxylic acids is 2. The summed E-state index contributed by atoms with van der Waals surface area (Å²) >= 11 is 0. The summed E-state index contributed by atoms with van der Waals surface area (Å²) in [7, 11) is 0. The molecule has 1 aliphatic rings. The van der Waals surface area contributed by atoms with Crippen molar-refractivity contribution in [1.82, 2.24) is 4.90 Å². The fourth-order valence-electron chi connectivity index (χ4n) is 2.95. The first-order valence-electron chi connectivity index (χ1n) is 8.48. The highest BCUT2D eigenvalue weighted by atomic mass is 16.4. The Balaban J connectivity index is 0.000000450. The van der Waals surface area contributed by atoms with Gasteiger partial charge in [0.05, 0.1) is 0 Å². The Bertz CT molecular complexity index is 537. The third kappa shape index (κ3) is 7.11. The van der Waals surface area contributed by atoms with Crippen LogP contribution in [0.15, 0.2) is 30.3 Å². The summed E-state index contributed by atoms with van der Waals surface area (Å²) in [5, 5.41) is 14.8. The van der Waals surface area contributed by atoms with Gasteiger partial charge < -0.3 is 20.8 Å². The molecule has 0 radical (unpaired) electrons. The van der Waals surface area contributed by atoms with Gasteiger partial charge in [-0.1, -0.05) is 32.0 Å². The van der Waals surface area contributed by atoms with Crippen LogP contribution in [0.2, 0.25) is 0 Å². The van der Waals surface area contributed by atoms with Crippen molar-refractivity contribution in [2.75, 3.05) is 31.1 Å². The van der Waals surface area contributed by atoms with Gasteiger partial charge in [0.25, 0.3) is 0 Å². The van der Waals surface area contributed by atoms with E-state index < -0.39 is 11.9 Å². The molecule has 140 valence electrons. The number of para-hydroxylation sites is 1. The van der Waals surface area contributed by atoms with Gasteiger partial charge in [0.2, 0.25) is 0 Å². The monoisotopic (exact) mass is 351 g/mol. The van der Waals surface area contributed by atoms with Gasteiger partial charge in [-0.25, -0.2) is 9.59 Å². The molecule has 1 aromatic carbocycles. The topological polar surface area (TPSA) is 107 Å². The van der Waals surface area contributed by atoms with Crippen molar-refractivity contribution in [3.8, 4) is 0 Å². The highest BCUT2D eigenvalue weighted by Gasteiger charge is 2.29. The lowest BCUT2D eigenvalue weighted by Gasteiger charge is -2.45. The summed E-state index contributed by atoms with van der Waals surface area (Å²) in [6, 6.07) is 11.6. The van der Waals surface area contributed by atoms with Gasteiger partial charge in [0.15, 0.2) is 0 Å². The maximum Gasteiger partial charge on any atom is 0.414 e. The molecule has 7 heteroatoms. The number of benzene rings is 1. The molecule has 0 spiro atoms. The average Bonchev–Trinajstić information content (AvgIpc) is 2.55. The Morgan fingerprint density at radius 1 is 1.12 bits per heavy atom. The summed E-state index contributed by atoms with van der Waals surface area (Å²) < 4.78 is 0. The Kier molecular flexibility index (Phi) is 8.37. The SMILES string of the molecule is CC(N)CN1CCN(c2ccccc2)CC1C(C)C.O=C(O)C(=O)O. The van der Waals surface area contributed by atoms with Crippen LogP contribution in [0.25, 0.3) is 0 Å². The zero-order valence-corrected chi connectivity index (χ0v) is 15.1. The molecule has 0 aliphatic carbocycles. The van der Waals surface area contributed by atoms with Crippen LogP contribution >= 0.6 is 0 Å². The first kappa shape index (κ1) is 20.9. The molecular weight excluding hydrogens is 322 g/mol. The number of carbonyl (C=O) groups is 2. The number of nitrogens with zero attached hydrogens (tertiary/aromatic N) is 2. The van der Waals surface area contributed by atoms with Crippen LogP contribution < -0.4 is 10.6 Å². The predicted molar refractivity (Wildman–Crippen MR) is 97.8 cm³/mol.